The Morgan fingerprint density at radius 1 is 1.56 bits per heavy atom. The van der Waals surface area contributed by atoms with Crippen molar-refractivity contribution in [3.63, 3.8) is 0 Å². The molecule has 0 aromatic heterocycles. The van der Waals surface area contributed by atoms with E-state index in [9.17, 15) is 18.0 Å². The first-order valence-corrected chi connectivity index (χ1v) is 5.46. The molecule has 0 spiro atoms. The van der Waals surface area contributed by atoms with Crippen LogP contribution in [0.1, 0.15) is 0 Å². The summed E-state index contributed by atoms with van der Waals surface area (Å²) >= 11 is 0. The van der Waals surface area contributed by atoms with Gasteiger partial charge in [-0.3, -0.25) is 4.79 Å². The van der Waals surface area contributed by atoms with Crippen molar-refractivity contribution in [1.82, 2.24) is 9.03 Å². The van der Waals surface area contributed by atoms with Crippen LogP contribution in [-0.2, 0) is 19.7 Å². The molecule has 0 heterocycles. The Hall–Kier alpha value is -1.61. The SMILES string of the molecule is C=CCN(CC(=O)O)S(=O)(=O)NC(=O)OC. The van der Waals surface area contributed by atoms with Gasteiger partial charge in [-0.15, -0.1) is 6.58 Å². The molecular formula is C7H12N2O6S. The predicted octanol–water partition coefficient (Wildman–Crippen LogP) is -0.840. The first-order valence-electron chi connectivity index (χ1n) is 4.02. The van der Waals surface area contributed by atoms with Crippen molar-refractivity contribution < 1.29 is 27.9 Å². The van der Waals surface area contributed by atoms with Crippen molar-refractivity contribution in [2.75, 3.05) is 20.2 Å². The topological polar surface area (TPSA) is 113 Å². The number of aliphatic carboxylic acids is 1. The first kappa shape index (κ1) is 14.4. The van der Waals surface area contributed by atoms with Gasteiger partial charge in [-0.25, -0.2) is 9.52 Å². The highest BCUT2D eigenvalue weighted by molar-refractivity contribution is 7.87. The normalized spacial score (nSPS) is 10.9. The van der Waals surface area contributed by atoms with E-state index in [1.54, 1.807) is 0 Å². The van der Waals surface area contributed by atoms with Gasteiger partial charge in [-0.2, -0.15) is 12.7 Å². The van der Waals surface area contributed by atoms with Crippen LogP contribution >= 0.6 is 0 Å². The summed E-state index contributed by atoms with van der Waals surface area (Å²) in [6.45, 7) is 2.26. The zero-order chi connectivity index (χ0) is 12.8. The molecule has 0 fully saturated rings. The van der Waals surface area contributed by atoms with Crippen molar-refractivity contribution in [3.8, 4) is 0 Å². The zero-order valence-corrected chi connectivity index (χ0v) is 9.36. The van der Waals surface area contributed by atoms with Gasteiger partial charge in [0.1, 0.15) is 6.54 Å². The molecule has 92 valence electrons. The van der Waals surface area contributed by atoms with Crippen molar-refractivity contribution in [2.24, 2.45) is 0 Å². The quantitative estimate of drug-likeness (QED) is 0.596. The zero-order valence-electron chi connectivity index (χ0n) is 8.54. The Morgan fingerprint density at radius 3 is 2.50 bits per heavy atom. The summed E-state index contributed by atoms with van der Waals surface area (Å²) in [5.41, 5.74) is 0. The number of amides is 1. The largest absolute Gasteiger partial charge is 0.480 e. The van der Waals surface area contributed by atoms with Crippen LogP contribution in [0.2, 0.25) is 0 Å². The molecule has 0 unspecified atom stereocenters. The van der Waals surface area contributed by atoms with Crippen LogP contribution < -0.4 is 4.72 Å². The number of carboxylic acid groups (broad SMARTS) is 1. The lowest BCUT2D eigenvalue weighted by molar-refractivity contribution is -0.137. The molecule has 9 heteroatoms. The maximum atomic E-state index is 11.4. The number of ether oxygens (including phenoxy) is 1. The Bertz CT molecular complexity index is 376. The van der Waals surface area contributed by atoms with Gasteiger partial charge >= 0.3 is 22.3 Å². The maximum absolute atomic E-state index is 11.4. The van der Waals surface area contributed by atoms with E-state index in [1.165, 1.54) is 10.8 Å². The summed E-state index contributed by atoms with van der Waals surface area (Å²) < 4.78 is 29.0. The lowest BCUT2D eigenvalue weighted by Gasteiger charge is -2.17. The van der Waals surface area contributed by atoms with Crippen LogP contribution in [0.15, 0.2) is 12.7 Å². The van der Waals surface area contributed by atoms with Crippen molar-refractivity contribution in [3.05, 3.63) is 12.7 Å². The number of nitrogens with zero attached hydrogens (tertiary/aromatic N) is 1. The van der Waals surface area contributed by atoms with E-state index >= 15 is 0 Å². The van der Waals surface area contributed by atoms with Gasteiger partial charge in [-0.1, -0.05) is 6.08 Å². The average molecular weight is 252 g/mol. The van der Waals surface area contributed by atoms with E-state index in [0.29, 0.717) is 4.31 Å². The minimum absolute atomic E-state index is 0.237. The standard InChI is InChI=1S/C7H12N2O6S/c1-3-4-9(5-6(10)11)16(13,14)8-7(12)15-2/h3H,1,4-5H2,2H3,(H,8,12)(H,10,11). The van der Waals surface area contributed by atoms with Crippen LogP contribution in [0, 0.1) is 0 Å². The lowest BCUT2D eigenvalue weighted by Crippen LogP contribution is -2.45. The maximum Gasteiger partial charge on any atom is 0.421 e. The summed E-state index contributed by atoms with van der Waals surface area (Å²) in [6, 6.07) is 0. The molecule has 2 N–H and O–H groups in total. The van der Waals surface area contributed by atoms with Gasteiger partial charge in [0.15, 0.2) is 0 Å². The van der Waals surface area contributed by atoms with Crippen LogP contribution in [0.3, 0.4) is 0 Å². The average Bonchev–Trinajstić information content (AvgIpc) is 2.15. The van der Waals surface area contributed by atoms with Crippen LogP contribution in [0.25, 0.3) is 0 Å². The monoisotopic (exact) mass is 252 g/mol. The molecule has 0 bridgehead atoms. The van der Waals surface area contributed by atoms with Crippen LogP contribution in [0.4, 0.5) is 4.79 Å². The Kier molecular flexibility index (Phi) is 5.47. The Morgan fingerprint density at radius 2 is 2.12 bits per heavy atom. The molecule has 0 aromatic carbocycles. The summed E-state index contributed by atoms with van der Waals surface area (Å²) in [6.07, 6.45) is -0.00105. The third kappa shape index (κ3) is 4.75. The molecule has 0 saturated heterocycles. The second-order valence-electron chi connectivity index (χ2n) is 2.57. The molecule has 16 heavy (non-hydrogen) atoms. The second-order valence-corrected chi connectivity index (χ2v) is 4.24. The number of carbonyl (C=O) groups is 2. The van der Waals surface area contributed by atoms with Gasteiger partial charge in [0, 0.05) is 6.54 Å². The number of hydrogen-bond donors (Lipinski definition) is 2. The fourth-order valence-electron chi connectivity index (χ4n) is 0.754. The number of methoxy groups -OCH3 is 1. The number of nitrogens with one attached hydrogen (secondary N) is 1. The Balaban J connectivity index is 4.81. The Labute approximate surface area is 92.7 Å². The first-order chi connectivity index (χ1) is 7.33. The molecule has 0 aliphatic rings. The van der Waals surface area contributed by atoms with E-state index in [2.05, 4.69) is 11.3 Å². The summed E-state index contributed by atoms with van der Waals surface area (Å²) in [4.78, 5) is 21.1. The fraction of sp³-hybridized carbons (Fsp3) is 0.429. The van der Waals surface area contributed by atoms with Gasteiger partial charge in [0.05, 0.1) is 7.11 Å². The summed E-state index contributed by atoms with van der Waals surface area (Å²) in [5, 5.41) is 8.48. The molecule has 0 saturated carbocycles. The number of carbonyl (C=O) groups excluding carboxylic acids is 1. The number of carboxylic acids is 1. The predicted molar refractivity (Wildman–Crippen MR) is 53.9 cm³/mol. The van der Waals surface area contributed by atoms with E-state index in [4.69, 9.17) is 5.11 Å². The minimum atomic E-state index is -4.23. The van der Waals surface area contributed by atoms with Crippen LogP contribution in [0.5, 0.6) is 0 Å². The molecular weight excluding hydrogens is 240 g/mol. The highest BCUT2D eigenvalue weighted by Gasteiger charge is 2.25. The molecule has 0 rings (SSSR count). The minimum Gasteiger partial charge on any atom is -0.480 e. The summed E-state index contributed by atoms with van der Waals surface area (Å²) in [5.74, 6) is -1.35. The lowest BCUT2D eigenvalue weighted by atomic mass is 10.6. The van der Waals surface area contributed by atoms with Crippen LogP contribution in [-0.4, -0.2) is 50.1 Å². The van der Waals surface area contributed by atoms with E-state index in [1.807, 2.05) is 0 Å². The third-order valence-corrected chi connectivity index (χ3v) is 2.76. The second kappa shape index (κ2) is 6.08. The number of hydrogen-bond acceptors (Lipinski definition) is 5. The fourth-order valence-corrected chi connectivity index (χ4v) is 1.76. The smallest absolute Gasteiger partial charge is 0.421 e. The molecule has 0 aromatic rings. The molecule has 0 aliphatic carbocycles. The van der Waals surface area contributed by atoms with Gasteiger partial charge < -0.3 is 9.84 Å². The van der Waals surface area contributed by atoms with Crippen molar-refractivity contribution in [1.29, 1.82) is 0 Å². The van der Waals surface area contributed by atoms with Gasteiger partial charge in [0.2, 0.25) is 0 Å². The summed E-state index contributed by atoms with van der Waals surface area (Å²) in [7, 11) is -3.25. The highest BCUT2D eigenvalue weighted by atomic mass is 32.2. The molecule has 1 amide bonds. The number of rotatable bonds is 6. The van der Waals surface area contributed by atoms with E-state index < -0.39 is 28.8 Å². The molecule has 0 aliphatic heterocycles. The molecule has 0 radical (unpaired) electrons. The van der Waals surface area contributed by atoms with Crippen molar-refractivity contribution in [2.45, 2.75) is 0 Å². The highest BCUT2D eigenvalue weighted by Crippen LogP contribution is 1.98. The molecule has 0 atom stereocenters. The molecule has 8 nitrogen and oxygen atoms in total. The van der Waals surface area contributed by atoms with Gasteiger partial charge in [-0.05, 0) is 0 Å². The van der Waals surface area contributed by atoms with E-state index in [-0.39, 0.29) is 6.54 Å². The van der Waals surface area contributed by atoms with Gasteiger partial charge in [0.25, 0.3) is 0 Å². The van der Waals surface area contributed by atoms with E-state index in [0.717, 1.165) is 7.11 Å². The van der Waals surface area contributed by atoms with Crippen molar-refractivity contribution >= 4 is 22.3 Å². The third-order valence-electron chi connectivity index (χ3n) is 1.38.